The van der Waals surface area contributed by atoms with Gasteiger partial charge in [0.1, 0.15) is 12.1 Å². The number of primary amides is 1. The molecule has 5 N–H and O–H groups in total. The van der Waals surface area contributed by atoms with Crippen molar-refractivity contribution >= 4 is 34.6 Å². The van der Waals surface area contributed by atoms with Crippen LogP contribution in [0.15, 0.2) is 30.5 Å². The highest BCUT2D eigenvalue weighted by Gasteiger charge is 2.33. The number of hydrogen-bond acceptors (Lipinski definition) is 5. The van der Waals surface area contributed by atoms with Crippen molar-refractivity contribution in [2.45, 2.75) is 38.3 Å². The van der Waals surface area contributed by atoms with E-state index in [2.05, 4.69) is 20.4 Å². The van der Waals surface area contributed by atoms with Crippen LogP contribution in [0.1, 0.15) is 25.3 Å². The van der Waals surface area contributed by atoms with Crippen LogP contribution in [0.3, 0.4) is 0 Å². The Balaban J connectivity index is 1.87. The van der Waals surface area contributed by atoms with E-state index in [0.29, 0.717) is 5.56 Å². The molecule has 38 heavy (non-hydrogen) atoms. The predicted octanol–water partition coefficient (Wildman–Crippen LogP) is 2.27. The Labute approximate surface area is 211 Å². The van der Waals surface area contributed by atoms with Crippen LogP contribution in [-0.2, 0) is 25.6 Å². The summed E-state index contributed by atoms with van der Waals surface area (Å²) in [5.74, 6) is -18.5. The molecule has 0 aliphatic heterocycles. The summed E-state index contributed by atoms with van der Waals surface area (Å²) in [4.78, 5) is 52.2. The number of para-hydroxylation sites is 1. The molecular weight excluding hydrogens is 519 g/mol. The minimum Gasteiger partial charge on any atom is -0.418 e. The summed E-state index contributed by atoms with van der Waals surface area (Å²) in [7, 11) is 0. The average Bonchev–Trinajstić information content (AvgIpc) is 3.30. The summed E-state index contributed by atoms with van der Waals surface area (Å²) >= 11 is 0. The van der Waals surface area contributed by atoms with Crippen LogP contribution in [0.2, 0.25) is 0 Å². The van der Waals surface area contributed by atoms with Crippen LogP contribution in [0.5, 0.6) is 5.75 Å². The van der Waals surface area contributed by atoms with E-state index in [9.17, 15) is 41.1 Å². The van der Waals surface area contributed by atoms with Gasteiger partial charge in [0.2, 0.25) is 52.6 Å². The molecule has 0 aliphatic rings. The van der Waals surface area contributed by atoms with E-state index in [4.69, 9.17) is 5.73 Å². The minimum absolute atomic E-state index is 0.00926. The smallest absolute Gasteiger partial charge is 0.334 e. The van der Waals surface area contributed by atoms with Crippen molar-refractivity contribution < 1.29 is 45.9 Å². The van der Waals surface area contributed by atoms with E-state index in [1.54, 1.807) is 30.5 Å². The van der Waals surface area contributed by atoms with Gasteiger partial charge in [0, 0.05) is 29.9 Å². The van der Waals surface area contributed by atoms with Gasteiger partial charge in [-0.05, 0) is 11.6 Å². The number of ether oxygens (including phenoxy) is 1. The van der Waals surface area contributed by atoms with Crippen LogP contribution in [-0.4, -0.2) is 40.8 Å². The van der Waals surface area contributed by atoms with Crippen molar-refractivity contribution in [2.24, 2.45) is 5.73 Å². The largest absolute Gasteiger partial charge is 0.418 e. The molecule has 3 amide bonds. The molecule has 14 heteroatoms. The molecule has 3 rings (SSSR count). The number of benzene rings is 2. The number of fused-ring (bicyclic) bond motifs is 1. The fourth-order valence-corrected chi connectivity index (χ4v) is 3.54. The van der Waals surface area contributed by atoms with Crippen molar-refractivity contribution in [3.8, 4) is 5.75 Å². The van der Waals surface area contributed by atoms with Gasteiger partial charge >= 0.3 is 5.97 Å². The molecule has 0 fully saturated rings. The fraction of sp³-hybridized carbons (Fsp3) is 0.250. The van der Waals surface area contributed by atoms with Crippen LogP contribution in [0.4, 0.5) is 22.0 Å². The SMILES string of the molecule is CCC(=O)N[C@H](Cc1c[nH]c2ccccc12)C(=O)N[C@H](CC(N)=O)C(=O)Oc1c(F)c(F)c(F)c(F)c1F. The number of amides is 3. The van der Waals surface area contributed by atoms with Crippen molar-refractivity contribution in [3.63, 3.8) is 0 Å². The molecule has 0 spiro atoms. The lowest BCUT2D eigenvalue weighted by molar-refractivity contribution is -0.142. The molecule has 0 saturated heterocycles. The molecular formula is C24H21F5N4O5. The maximum Gasteiger partial charge on any atom is 0.334 e. The van der Waals surface area contributed by atoms with Gasteiger partial charge in [0.15, 0.2) is 0 Å². The highest BCUT2D eigenvalue weighted by molar-refractivity contribution is 5.94. The van der Waals surface area contributed by atoms with Crippen molar-refractivity contribution in [1.82, 2.24) is 15.6 Å². The first-order chi connectivity index (χ1) is 17.9. The van der Waals surface area contributed by atoms with E-state index < -0.39 is 77.0 Å². The van der Waals surface area contributed by atoms with Gasteiger partial charge in [-0.1, -0.05) is 25.1 Å². The predicted molar refractivity (Wildman–Crippen MR) is 122 cm³/mol. The summed E-state index contributed by atoms with van der Waals surface area (Å²) in [5.41, 5.74) is 6.43. The van der Waals surface area contributed by atoms with E-state index in [1.165, 1.54) is 6.92 Å². The third-order valence-electron chi connectivity index (χ3n) is 5.45. The van der Waals surface area contributed by atoms with Gasteiger partial charge in [-0.25, -0.2) is 18.0 Å². The molecule has 9 nitrogen and oxygen atoms in total. The number of rotatable bonds is 10. The summed E-state index contributed by atoms with van der Waals surface area (Å²) in [6.07, 6.45) is 0.547. The second-order valence-electron chi connectivity index (χ2n) is 8.09. The van der Waals surface area contributed by atoms with E-state index in [0.717, 1.165) is 10.9 Å². The maximum absolute atomic E-state index is 14.0. The molecule has 3 aromatic rings. The normalized spacial score (nSPS) is 12.6. The van der Waals surface area contributed by atoms with Crippen molar-refractivity contribution in [1.29, 1.82) is 0 Å². The van der Waals surface area contributed by atoms with Gasteiger partial charge in [-0.2, -0.15) is 8.78 Å². The van der Waals surface area contributed by atoms with Crippen molar-refractivity contribution in [3.05, 3.63) is 65.1 Å². The summed E-state index contributed by atoms with van der Waals surface area (Å²) in [6, 6.07) is 3.75. The molecule has 1 aromatic heterocycles. The number of nitrogens with one attached hydrogen (secondary N) is 3. The standard InChI is InChI=1S/C24H21F5N4O5/c1-2-16(35)32-13(7-10-9-31-12-6-4-3-5-11(10)12)23(36)33-14(8-15(30)34)24(37)38-22-20(28)18(26)17(25)19(27)21(22)29/h3-6,9,13-14,31H,2,7-8H2,1H3,(H2,30,34)(H,32,35)(H,33,36)/t13-,14-/m1/s1. The first-order valence-corrected chi connectivity index (χ1v) is 11.1. The monoisotopic (exact) mass is 540 g/mol. The first-order valence-electron chi connectivity index (χ1n) is 11.1. The zero-order chi connectivity index (χ0) is 28.1. The van der Waals surface area contributed by atoms with Crippen LogP contribution in [0.25, 0.3) is 10.9 Å². The summed E-state index contributed by atoms with van der Waals surface area (Å²) in [6.45, 7) is 1.52. The number of halogens is 5. The van der Waals surface area contributed by atoms with Gasteiger partial charge in [-0.15, -0.1) is 0 Å². The summed E-state index contributed by atoms with van der Waals surface area (Å²) < 4.78 is 72.6. The molecule has 2 atom stereocenters. The van der Waals surface area contributed by atoms with E-state index >= 15 is 0 Å². The molecule has 1 heterocycles. The third-order valence-corrected chi connectivity index (χ3v) is 5.45. The molecule has 0 bridgehead atoms. The lowest BCUT2D eigenvalue weighted by atomic mass is 10.0. The minimum atomic E-state index is -2.48. The molecule has 0 saturated carbocycles. The topological polar surface area (TPSA) is 143 Å². The molecule has 2 aromatic carbocycles. The van der Waals surface area contributed by atoms with Crippen LogP contribution in [0, 0.1) is 29.1 Å². The van der Waals surface area contributed by atoms with Gasteiger partial charge in [0.05, 0.1) is 6.42 Å². The van der Waals surface area contributed by atoms with Crippen LogP contribution < -0.4 is 21.1 Å². The highest BCUT2D eigenvalue weighted by atomic mass is 19.2. The van der Waals surface area contributed by atoms with Gasteiger partial charge in [-0.3, -0.25) is 14.4 Å². The number of aromatic amines is 1. The second kappa shape index (κ2) is 11.7. The Morgan fingerprint density at radius 2 is 1.53 bits per heavy atom. The lowest BCUT2D eigenvalue weighted by Gasteiger charge is -2.22. The lowest BCUT2D eigenvalue weighted by Crippen LogP contribution is -2.54. The van der Waals surface area contributed by atoms with Gasteiger partial charge in [0.25, 0.3) is 0 Å². The maximum atomic E-state index is 14.0. The Bertz CT molecular complexity index is 1380. The average molecular weight is 540 g/mol. The Morgan fingerprint density at radius 1 is 0.921 bits per heavy atom. The third kappa shape index (κ3) is 6.07. The number of hydrogen-bond donors (Lipinski definition) is 4. The zero-order valence-corrected chi connectivity index (χ0v) is 19.7. The number of carbonyl (C=O) groups is 4. The number of nitrogens with two attached hydrogens (primary N) is 1. The zero-order valence-electron chi connectivity index (χ0n) is 19.7. The fourth-order valence-electron chi connectivity index (χ4n) is 3.54. The Hall–Kier alpha value is -4.49. The number of esters is 1. The van der Waals surface area contributed by atoms with Gasteiger partial charge < -0.3 is 26.1 Å². The highest BCUT2D eigenvalue weighted by Crippen LogP contribution is 2.29. The molecule has 0 radical (unpaired) electrons. The number of aromatic nitrogens is 1. The molecule has 202 valence electrons. The number of H-pyrrole nitrogens is 1. The van der Waals surface area contributed by atoms with Crippen LogP contribution >= 0.6 is 0 Å². The first kappa shape index (κ1) is 28.1. The summed E-state index contributed by atoms with van der Waals surface area (Å²) in [5, 5.41) is 5.29. The molecule has 0 aliphatic carbocycles. The second-order valence-corrected chi connectivity index (χ2v) is 8.09. The number of carbonyl (C=O) groups excluding carboxylic acids is 4. The Kier molecular flexibility index (Phi) is 8.65. The Morgan fingerprint density at radius 3 is 2.13 bits per heavy atom. The quantitative estimate of drug-likeness (QED) is 0.103. The van der Waals surface area contributed by atoms with Crippen molar-refractivity contribution in [2.75, 3.05) is 0 Å². The van der Waals surface area contributed by atoms with E-state index in [-0.39, 0.29) is 12.8 Å². The van der Waals surface area contributed by atoms with E-state index in [1.807, 2.05) is 0 Å². The molecule has 0 unspecified atom stereocenters.